The molecular formula is C26H18N4O2. The number of hydrogen-bond acceptors (Lipinski definition) is 4. The van der Waals surface area contributed by atoms with Gasteiger partial charge in [0.05, 0.1) is 28.8 Å². The van der Waals surface area contributed by atoms with Gasteiger partial charge in [-0.3, -0.25) is 9.89 Å². The van der Waals surface area contributed by atoms with Crippen molar-refractivity contribution in [2.75, 3.05) is 0 Å². The molecular weight excluding hydrogens is 400 g/mol. The molecule has 0 unspecified atom stereocenters. The van der Waals surface area contributed by atoms with Crippen molar-refractivity contribution >= 4 is 16.7 Å². The zero-order valence-electron chi connectivity index (χ0n) is 17.2. The fourth-order valence-electron chi connectivity index (χ4n) is 4.20. The van der Waals surface area contributed by atoms with E-state index in [1.807, 2.05) is 79.7 Å². The van der Waals surface area contributed by atoms with Gasteiger partial charge in [0.2, 0.25) is 5.71 Å². The molecule has 6 rings (SSSR count). The summed E-state index contributed by atoms with van der Waals surface area (Å²) in [5.41, 5.74) is 6.55. The van der Waals surface area contributed by atoms with Gasteiger partial charge in [-0.1, -0.05) is 60.7 Å². The number of nitrogens with one attached hydrogen (secondary N) is 1. The van der Waals surface area contributed by atoms with Crippen molar-refractivity contribution in [1.82, 2.24) is 19.6 Å². The number of pyridine rings is 1. The molecule has 32 heavy (non-hydrogen) atoms. The molecule has 154 valence electrons. The fourth-order valence-corrected chi connectivity index (χ4v) is 4.20. The number of rotatable bonds is 3. The summed E-state index contributed by atoms with van der Waals surface area (Å²) >= 11 is 0. The Morgan fingerprint density at radius 1 is 0.875 bits per heavy atom. The molecule has 6 heteroatoms. The van der Waals surface area contributed by atoms with E-state index in [9.17, 15) is 4.79 Å². The first kappa shape index (κ1) is 18.3. The van der Waals surface area contributed by atoms with Crippen LogP contribution in [0.15, 0.2) is 94.5 Å². The van der Waals surface area contributed by atoms with Gasteiger partial charge in [-0.25, -0.2) is 9.97 Å². The van der Waals surface area contributed by atoms with Crippen molar-refractivity contribution in [2.24, 2.45) is 0 Å². The van der Waals surface area contributed by atoms with E-state index in [2.05, 4.69) is 10.1 Å². The zero-order chi connectivity index (χ0) is 21.7. The number of aromatic nitrogens is 4. The highest BCUT2D eigenvalue weighted by molar-refractivity contribution is 5.91. The van der Waals surface area contributed by atoms with Crippen LogP contribution in [0.3, 0.4) is 0 Å². The molecule has 0 atom stereocenters. The summed E-state index contributed by atoms with van der Waals surface area (Å²) in [6, 6.07) is 23.7. The topological polar surface area (TPSA) is 76.2 Å². The first-order valence-electron chi connectivity index (χ1n) is 10.3. The molecule has 0 aliphatic rings. The van der Waals surface area contributed by atoms with Crippen molar-refractivity contribution < 1.29 is 4.42 Å². The van der Waals surface area contributed by atoms with Crippen molar-refractivity contribution in [3.8, 4) is 33.5 Å². The third-order valence-electron chi connectivity index (χ3n) is 5.68. The van der Waals surface area contributed by atoms with E-state index in [1.165, 1.54) is 4.52 Å². The smallest absolute Gasteiger partial charge is 0.280 e. The highest BCUT2D eigenvalue weighted by Gasteiger charge is 2.21. The lowest BCUT2D eigenvalue weighted by Crippen LogP contribution is -2.19. The summed E-state index contributed by atoms with van der Waals surface area (Å²) in [5.74, 6) is 0. The van der Waals surface area contributed by atoms with E-state index < -0.39 is 0 Å². The molecule has 0 radical (unpaired) electrons. The van der Waals surface area contributed by atoms with Gasteiger partial charge >= 0.3 is 0 Å². The maximum Gasteiger partial charge on any atom is 0.280 e. The average Bonchev–Trinajstić information content (AvgIpc) is 3.45. The molecule has 4 aromatic heterocycles. The van der Waals surface area contributed by atoms with Gasteiger partial charge in [-0.2, -0.15) is 4.52 Å². The third kappa shape index (κ3) is 2.77. The molecule has 4 heterocycles. The molecule has 0 aliphatic carbocycles. The summed E-state index contributed by atoms with van der Waals surface area (Å²) in [7, 11) is 0. The van der Waals surface area contributed by atoms with Crippen molar-refractivity contribution in [3.63, 3.8) is 0 Å². The molecule has 0 amide bonds. The van der Waals surface area contributed by atoms with Crippen LogP contribution in [0.2, 0.25) is 0 Å². The van der Waals surface area contributed by atoms with E-state index in [0.717, 1.165) is 27.8 Å². The van der Waals surface area contributed by atoms with Crippen LogP contribution in [0.5, 0.6) is 0 Å². The second-order valence-corrected chi connectivity index (χ2v) is 7.67. The van der Waals surface area contributed by atoms with Crippen molar-refractivity contribution in [1.29, 1.82) is 0 Å². The normalized spacial score (nSPS) is 11.4. The Morgan fingerprint density at radius 2 is 1.59 bits per heavy atom. The molecule has 0 fully saturated rings. The summed E-state index contributed by atoms with van der Waals surface area (Å²) in [4.78, 5) is 22.9. The van der Waals surface area contributed by atoms with Crippen LogP contribution in [0.25, 0.3) is 50.3 Å². The summed E-state index contributed by atoms with van der Waals surface area (Å²) < 4.78 is 6.87. The fraction of sp³-hybridized carbons (Fsp3) is 0.0385. The van der Waals surface area contributed by atoms with Crippen LogP contribution >= 0.6 is 0 Å². The molecule has 0 bridgehead atoms. The van der Waals surface area contributed by atoms with E-state index in [0.29, 0.717) is 28.2 Å². The maximum absolute atomic E-state index is 13.7. The lowest BCUT2D eigenvalue weighted by Gasteiger charge is -2.07. The second-order valence-electron chi connectivity index (χ2n) is 7.67. The number of nitrogens with zero attached hydrogens (tertiary/aromatic N) is 3. The minimum Gasteiger partial charge on any atom is -0.446 e. The number of benzene rings is 2. The van der Waals surface area contributed by atoms with Crippen molar-refractivity contribution in [3.05, 3.63) is 101 Å². The van der Waals surface area contributed by atoms with Crippen LogP contribution in [0.4, 0.5) is 0 Å². The van der Waals surface area contributed by atoms with Crippen molar-refractivity contribution in [2.45, 2.75) is 6.92 Å². The minimum absolute atomic E-state index is 0.170. The molecule has 6 aromatic rings. The monoisotopic (exact) mass is 418 g/mol. The molecule has 0 saturated carbocycles. The van der Waals surface area contributed by atoms with E-state index in [1.54, 1.807) is 12.5 Å². The molecule has 1 N–H and O–H groups in total. The zero-order valence-corrected chi connectivity index (χ0v) is 17.2. The molecule has 0 spiro atoms. The number of aromatic amines is 1. The SMILES string of the molecule is Cc1nc2c(-c3ccccc3)c(-c3ccccc3)[nH]n2c(=O)c1-c1cnc2occc2c1. The summed E-state index contributed by atoms with van der Waals surface area (Å²) in [5, 5.41) is 4.16. The van der Waals surface area contributed by atoms with Gasteiger partial charge in [0.25, 0.3) is 5.56 Å². The van der Waals surface area contributed by atoms with Crippen LogP contribution in [0.1, 0.15) is 5.69 Å². The van der Waals surface area contributed by atoms with Gasteiger partial charge in [0.15, 0.2) is 5.65 Å². The van der Waals surface area contributed by atoms with E-state index >= 15 is 0 Å². The van der Waals surface area contributed by atoms with Gasteiger partial charge < -0.3 is 4.42 Å². The highest BCUT2D eigenvalue weighted by atomic mass is 16.3. The molecule has 0 aliphatic heterocycles. The summed E-state index contributed by atoms with van der Waals surface area (Å²) in [6.45, 7) is 1.86. The third-order valence-corrected chi connectivity index (χ3v) is 5.68. The van der Waals surface area contributed by atoms with Crippen LogP contribution in [-0.4, -0.2) is 19.6 Å². The number of H-pyrrole nitrogens is 1. The number of furan rings is 1. The van der Waals surface area contributed by atoms with E-state index in [-0.39, 0.29) is 5.56 Å². The van der Waals surface area contributed by atoms with Crippen LogP contribution in [0, 0.1) is 6.92 Å². The Kier molecular flexibility index (Phi) is 4.04. The maximum atomic E-state index is 13.7. The summed E-state index contributed by atoms with van der Waals surface area (Å²) in [6.07, 6.45) is 3.24. The molecule has 6 nitrogen and oxygen atoms in total. The predicted molar refractivity (Wildman–Crippen MR) is 124 cm³/mol. The largest absolute Gasteiger partial charge is 0.446 e. The first-order valence-corrected chi connectivity index (χ1v) is 10.3. The molecule has 0 saturated heterocycles. The lowest BCUT2D eigenvalue weighted by atomic mass is 10.0. The average molecular weight is 418 g/mol. The van der Waals surface area contributed by atoms with E-state index in [4.69, 9.17) is 9.40 Å². The Bertz CT molecular complexity index is 1640. The van der Waals surface area contributed by atoms with Gasteiger partial charge in [0, 0.05) is 22.7 Å². The first-order chi connectivity index (χ1) is 15.7. The van der Waals surface area contributed by atoms with Crippen LogP contribution in [-0.2, 0) is 0 Å². The Morgan fingerprint density at radius 3 is 2.34 bits per heavy atom. The molecule has 2 aromatic carbocycles. The number of hydrogen-bond donors (Lipinski definition) is 1. The number of aryl methyl sites for hydroxylation is 1. The van der Waals surface area contributed by atoms with Crippen LogP contribution < -0.4 is 5.56 Å². The lowest BCUT2D eigenvalue weighted by molar-refractivity contribution is 0.603. The number of fused-ring (bicyclic) bond motifs is 2. The minimum atomic E-state index is -0.170. The highest BCUT2D eigenvalue weighted by Crippen LogP contribution is 2.34. The van der Waals surface area contributed by atoms with Gasteiger partial charge in [-0.05, 0) is 24.6 Å². The quantitative estimate of drug-likeness (QED) is 0.413. The van der Waals surface area contributed by atoms with Gasteiger partial charge in [-0.15, -0.1) is 0 Å². The van der Waals surface area contributed by atoms with Gasteiger partial charge in [0.1, 0.15) is 0 Å². The Balaban J connectivity index is 1.68. The second kappa shape index (κ2) is 7.06. The standard InChI is InChI=1S/C26H18N4O2/c1-16-21(20-14-19-12-13-32-25(19)27-15-20)26(31)30-24(28-16)22(17-8-4-2-5-9-17)23(29-30)18-10-6-3-7-11-18/h2-15,29H,1H3. The predicted octanol–water partition coefficient (Wildman–Crippen LogP) is 5.47. The Hall–Kier alpha value is -4.45. The Labute approximate surface area is 182 Å².